The van der Waals surface area contributed by atoms with Gasteiger partial charge in [0, 0.05) is 18.7 Å². The van der Waals surface area contributed by atoms with Gasteiger partial charge in [-0.3, -0.25) is 20.2 Å². The monoisotopic (exact) mass is 932 g/mol. The van der Waals surface area contributed by atoms with Gasteiger partial charge in [0.05, 0.1) is 59.8 Å². The molecule has 0 aliphatic heterocycles. The Kier molecular flexibility index (Phi) is 24.0. The molecule has 332 valence electrons. The fourth-order valence-electron chi connectivity index (χ4n) is 3.45. The molecule has 0 aliphatic carbocycles. The second-order valence-electron chi connectivity index (χ2n) is 12.0. The molecule has 3 rings (SSSR count). The Hall–Kier alpha value is -5.02. The smallest absolute Gasteiger partial charge is 0.416 e. The third-order valence-electron chi connectivity index (χ3n) is 5.73. The number of carboxylic acids is 1. The second-order valence-corrected chi connectivity index (χ2v) is 16.8. The highest BCUT2D eigenvalue weighted by molar-refractivity contribution is 7.94. The first kappa shape index (κ1) is 55.0. The third kappa shape index (κ3) is 24.2. The number of nitrogens with zero attached hydrogens (tertiary/aromatic N) is 5. The van der Waals surface area contributed by atoms with Crippen molar-refractivity contribution < 1.29 is 66.1 Å². The van der Waals surface area contributed by atoms with E-state index in [9.17, 15) is 47.1 Å². The number of benzene rings is 2. The van der Waals surface area contributed by atoms with Gasteiger partial charge in [-0.25, -0.2) is 9.59 Å². The van der Waals surface area contributed by atoms with Gasteiger partial charge in [-0.05, 0) is 74.5 Å². The van der Waals surface area contributed by atoms with Crippen LogP contribution in [0.3, 0.4) is 0 Å². The van der Waals surface area contributed by atoms with Crippen LogP contribution in [0, 0.1) is 21.4 Å². The zero-order chi connectivity index (χ0) is 46.4. The summed E-state index contributed by atoms with van der Waals surface area (Å²) >= 11 is 11.5. The van der Waals surface area contributed by atoms with E-state index in [0.29, 0.717) is 29.5 Å². The Morgan fingerprint density at radius 2 is 1.63 bits per heavy atom. The molecule has 0 saturated carbocycles. The summed E-state index contributed by atoms with van der Waals surface area (Å²) in [6, 6.07) is 7.44. The lowest BCUT2D eigenvalue weighted by molar-refractivity contribution is -0.385. The summed E-state index contributed by atoms with van der Waals surface area (Å²) < 4.78 is 62.7. The lowest BCUT2D eigenvalue weighted by atomic mass is 10.1. The second kappa shape index (κ2) is 26.2. The molecule has 0 saturated heterocycles. The van der Waals surface area contributed by atoms with Gasteiger partial charge in [-0.1, -0.05) is 11.6 Å². The summed E-state index contributed by atoms with van der Waals surface area (Å²) in [6.45, 7) is 6.39. The molecule has 0 spiro atoms. The van der Waals surface area contributed by atoms with E-state index in [4.69, 9.17) is 47.9 Å². The number of anilines is 2. The molecule has 3 aromatic rings. The number of ether oxygens (including phenoxy) is 3. The van der Waals surface area contributed by atoms with Gasteiger partial charge in [0.15, 0.2) is 6.61 Å². The van der Waals surface area contributed by atoms with Crippen molar-refractivity contribution in [2.45, 2.75) is 39.4 Å². The first-order chi connectivity index (χ1) is 27.6. The van der Waals surface area contributed by atoms with Gasteiger partial charge < -0.3 is 44.3 Å². The molecule has 0 amide bonds. The molecule has 27 heteroatoms. The quantitative estimate of drug-likeness (QED) is 0.0435. The fourth-order valence-corrected chi connectivity index (χ4v) is 4.22. The molecule has 0 aliphatic rings. The van der Waals surface area contributed by atoms with Crippen LogP contribution < -0.4 is 25.6 Å². The molecule has 0 bridgehead atoms. The molecular formula is C33H42Cl2F3N8O12PS. The fraction of sp³-hybridized carbons (Fsp3) is 0.424. The molecule has 2 aromatic carbocycles. The van der Waals surface area contributed by atoms with Crippen LogP contribution in [0.25, 0.3) is 0 Å². The molecule has 5 N–H and O–H groups in total. The maximum Gasteiger partial charge on any atom is 0.416 e. The standard InChI is InChI=1S/C18H13ClF3NO7.C9H13ClN6.C3H8NO5P.C3H9S/c1-2-28-16(24)9-29-17(25)12-8-11(4-5-14(12)23(26)27)30-15-6-3-10(7-13(15)19)18(20,21)22;1-4-12-7-13-6(10)14-8(15-7)16-9(2,3)5-11;5-3(6)1-4-2-10(7,8)9;1-4(2)3/h3-8H,2,9H2,1H3;4H2,1-3H3,(H2,12,13,14,15,16);4H,1-2H2,(H,5,6)(H2,7,8,9);1-3H3/q;;;+1/p-1. The topological polar surface area (TPSA) is 301 Å². The summed E-state index contributed by atoms with van der Waals surface area (Å²) in [4.78, 5) is 73.4. The minimum atomic E-state index is -4.61. The number of hydrogen-bond acceptors (Lipinski definition) is 17. The van der Waals surface area contributed by atoms with Crippen LogP contribution in [0.1, 0.15) is 43.6 Å². The minimum Gasteiger partial charge on any atom is -0.778 e. The Labute approximate surface area is 354 Å². The zero-order valence-electron chi connectivity index (χ0n) is 33.0. The van der Waals surface area contributed by atoms with Crippen LogP contribution in [-0.4, -0.2) is 105 Å². The van der Waals surface area contributed by atoms with Crippen molar-refractivity contribution >= 4 is 77.2 Å². The van der Waals surface area contributed by atoms with E-state index in [1.54, 1.807) is 13.8 Å². The number of nitriles is 1. The van der Waals surface area contributed by atoms with E-state index >= 15 is 0 Å². The number of nitro groups is 1. The number of aromatic nitrogens is 3. The van der Waals surface area contributed by atoms with Crippen molar-refractivity contribution in [3.05, 3.63) is 67.9 Å². The predicted molar refractivity (Wildman–Crippen MR) is 214 cm³/mol. The van der Waals surface area contributed by atoms with Crippen LogP contribution in [0.2, 0.25) is 10.3 Å². The van der Waals surface area contributed by atoms with Crippen LogP contribution in [0.4, 0.5) is 30.8 Å². The van der Waals surface area contributed by atoms with E-state index in [1.807, 2.05) is 12.2 Å². The number of carbonyl (C=O) groups excluding carboxylic acids is 2. The Balaban J connectivity index is 0.000000962. The maximum atomic E-state index is 12.7. The summed E-state index contributed by atoms with van der Waals surface area (Å²) in [6.07, 6.45) is 1.27. The predicted octanol–water partition coefficient (Wildman–Crippen LogP) is 5.11. The van der Waals surface area contributed by atoms with Gasteiger partial charge in [0.25, 0.3) is 5.69 Å². The molecule has 1 heterocycles. The van der Waals surface area contributed by atoms with E-state index in [-0.39, 0.29) is 34.4 Å². The van der Waals surface area contributed by atoms with E-state index in [1.165, 1.54) is 6.92 Å². The highest BCUT2D eigenvalue weighted by Crippen LogP contribution is 2.37. The van der Waals surface area contributed by atoms with E-state index in [2.05, 4.69) is 55.2 Å². The minimum absolute atomic E-state index is 0.0493. The van der Waals surface area contributed by atoms with Crippen molar-refractivity contribution in [3.63, 3.8) is 0 Å². The average molecular weight is 934 g/mol. The lowest BCUT2D eigenvalue weighted by Gasteiger charge is -2.17. The van der Waals surface area contributed by atoms with Crippen molar-refractivity contribution in [2.24, 2.45) is 0 Å². The molecule has 1 unspecified atom stereocenters. The number of esters is 2. The summed E-state index contributed by atoms with van der Waals surface area (Å²) in [7, 11) is -3.71. The highest BCUT2D eigenvalue weighted by atomic mass is 35.5. The Morgan fingerprint density at radius 3 is 2.12 bits per heavy atom. The van der Waals surface area contributed by atoms with Crippen molar-refractivity contribution in [3.8, 4) is 17.6 Å². The van der Waals surface area contributed by atoms with Crippen LogP contribution in [0.15, 0.2) is 36.4 Å². The molecule has 60 heavy (non-hydrogen) atoms. The number of rotatable bonds is 15. The normalized spacial score (nSPS) is 11.6. The van der Waals surface area contributed by atoms with Crippen LogP contribution >= 0.6 is 30.8 Å². The van der Waals surface area contributed by atoms with Gasteiger partial charge >= 0.3 is 24.1 Å². The van der Waals surface area contributed by atoms with Gasteiger partial charge in [0.2, 0.25) is 17.2 Å². The Bertz CT molecular complexity index is 2010. The van der Waals surface area contributed by atoms with Gasteiger partial charge in [-0.15, -0.1) is 0 Å². The highest BCUT2D eigenvalue weighted by Gasteiger charge is 2.31. The van der Waals surface area contributed by atoms with E-state index in [0.717, 1.165) is 30.3 Å². The SMILES string of the molecule is CCNc1nc(Cl)nc(NC(C)(C)C#N)n1.CCOC(=O)COC(=O)c1cc(Oc2ccc(C(F)(F)F)cc2Cl)ccc1[N+](=O)[O-].C[S+](C)C.O=C(O)CNCP(=O)([O-])O. The van der Waals surface area contributed by atoms with Crippen LogP contribution in [-0.2, 0) is 40.7 Å². The summed E-state index contributed by atoms with van der Waals surface area (Å²) in [5, 5.41) is 35.5. The number of carboxylic acid groups (broad SMARTS) is 1. The van der Waals surface area contributed by atoms with Gasteiger partial charge in [0.1, 0.15) is 30.2 Å². The van der Waals surface area contributed by atoms with Crippen molar-refractivity contribution in [1.29, 1.82) is 5.26 Å². The maximum absolute atomic E-state index is 12.7. The summed E-state index contributed by atoms with van der Waals surface area (Å²) in [5.74, 6) is -2.86. The molecular weight excluding hydrogens is 891 g/mol. The van der Waals surface area contributed by atoms with Gasteiger partial charge in [-0.2, -0.15) is 33.4 Å². The molecule has 20 nitrogen and oxygen atoms in total. The van der Waals surface area contributed by atoms with Crippen molar-refractivity contribution in [2.75, 3.05) is 62.0 Å². The number of nitro benzene ring substituents is 1. The molecule has 0 radical (unpaired) electrons. The first-order valence-corrected chi connectivity index (χ1v) is 21.6. The lowest BCUT2D eigenvalue weighted by Crippen LogP contribution is -2.29. The molecule has 1 atom stereocenters. The average Bonchev–Trinajstić information content (AvgIpc) is 3.10. The van der Waals surface area contributed by atoms with Crippen molar-refractivity contribution in [1.82, 2.24) is 20.3 Å². The molecule has 1 aromatic heterocycles. The number of nitrogens with one attached hydrogen (secondary N) is 3. The summed E-state index contributed by atoms with van der Waals surface area (Å²) in [5.41, 5.74) is -2.92. The van der Waals surface area contributed by atoms with E-state index < -0.39 is 78.4 Å². The van der Waals surface area contributed by atoms with Crippen LogP contribution in [0.5, 0.6) is 11.5 Å². The number of aliphatic carboxylic acids is 1. The third-order valence-corrected chi connectivity index (χ3v) is 6.82. The number of halogens is 5. The first-order valence-electron chi connectivity index (χ1n) is 16.6. The molecule has 0 fully saturated rings. The largest absolute Gasteiger partial charge is 0.778 e. The zero-order valence-corrected chi connectivity index (χ0v) is 36.2. The number of carbonyl (C=O) groups is 3. The number of alkyl halides is 3. The number of hydrogen-bond donors (Lipinski definition) is 5. The Morgan fingerprint density at radius 1 is 1.03 bits per heavy atom.